The van der Waals surface area contributed by atoms with Gasteiger partial charge in [-0.3, -0.25) is 4.79 Å². The fraction of sp³-hybridized carbons (Fsp3) is 0.143. The highest BCUT2D eigenvalue weighted by Crippen LogP contribution is 2.23. The fourth-order valence-corrected chi connectivity index (χ4v) is 2.07. The summed E-state index contributed by atoms with van der Waals surface area (Å²) in [6.45, 7) is 0.184. The molecule has 0 bridgehead atoms. The summed E-state index contributed by atoms with van der Waals surface area (Å²) in [7, 11) is 1.52. The molecule has 5 nitrogen and oxygen atoms in total. The monoisotopic (exact) mass is 293 g/mol. The average Bonchev–Trinajstić information content (AvgIpc) is 2.41. The lowest BCUT2D eigenvalue weighted by Gasteiger charge is -2.11. The number of carboxylic acids is 1. The first-order valence-electron chi connectivity index (χ1n) is 5.78. The minimum Gasteiger partial charge on any atom is -0.496 e. The Kier molecular flexibility index (Phi) is 4.10. The molecule has 0 amide bonds. The minimum atomic E-state index is -1.25. The van der Waals surface area contributed by atoms with Gasteiger partial charge in [-0.15, -0.1) is 0 Å². The van der Waals surface area contributed by atoms with Crippen LogP contribution in [0.4, 0.5) is 0 Å². The molecule has 0 radical (unpaired) electrons. The first kappa shape index (κ1) is 14.1. The molecule has 1 aromatic carbocycles. The highest BCUT2D eigenvalue weighted by Gasteiger charge is 2.12. The average molecular weight is 294 g/mol. The van der Waals surface area contributed by atoms with Crippen LogP contribution in [0.2, 0.25) is 5.02 Å². The third-order valence-corrected chi connectivity index (χ3v) is 3.07. The van der Waals surface area contributed by atoms with E-state index in [9.17, 15) is 9.59 Å². The smallest absolute Gasteiger partial charge is 0.341 e. The number of hydrogen-bond donors (Lipinski definition) is 1. The second-order valence-corrected chi connectivity index (χ2v) is 4.55. The molecule has 104 valence electrons. The van der Waals surface area contributed by atoms with Crippen molar-refractivity contribution in [2.24, 2.45) is 0 Å². The first-order valence-corrected chi connectivity index (χ1v) is 6.16. The Hall–Kier alpha value is -2.27. The van der Waals surface area contributed by atoms with E-state index in [0.29, 0.717) is 16.3 Å². The predicted molar refractivity (Wildman–Crippen MR) is 74.8 cm³/mol. The van der Waals surface area contributed by atoms with Crippen LogP contribution >= 0.6 is 11.6 Å². The van der Waals surface area contributed by atoms with E-state index < -0.39 is 11.5 Å². The number of carbonyl (C=O) groups is 1. The Bertz CT molecular complexity index is 709. The third-order valence-electron chi connectivity index (χ3n) is 2.83. The molecule has 0 spiro atoms. The second kappa shape index (κ2) is 5.79. The summed E-state index contributed by atoms with van der Waals surface area (Å²) < 4.78 is 6.50. The summed E-state index contributed by atoms with van der Waals surface area (Å²) in [5.74, 6) is -0.663. The van der Waals surface area contributed by atoms with E-state index in [4.69, 9.17) is 21.4 Å². The summed E-state index contributed by atoms with van der Waals surface area (Å²) in [4.78, 5) is 23.0. The predicted octanol–water partition coefficient (Wildman–Crippen LogP) is 2.26. The largest absolute Gasteiger partial charge is 0.496 e. The molecular weight excluding hydrogens is 282 g/mol. The van der Waals surface area contributed by atoms with E-state index in [2.05, 4.69) is 0 Å². The van der Waals surface area contributed by atoms with Crippen LogP contribution in [0.15, 0.2) is 41.3 Å². The molecule has 0 atom stereocenters. The number of ether oxygens (including phenoxy) is 1. The van der Waals surface area contributed by atoms with Crippen molar-refractivity contribution in [3.63, 3.8) is 0 Å². The van der Waals surface area contributed by atoms with Gasteiger partial charge < -0.3 is 14.4 Å². The summed E-state index contributed by atoms with van der Waals surface area (Å²) in [5.41, 5.74) is -0.139. The van der Waals surface area contributed by atoms with E-state index in [1.165, 1.54) is 30.0 Å². The maximum absolute atomic E-state index is 12.0. The van der Waals surface area contributed by atoms with E-state index in [0.717, 1.165) is 0 Å². The van der Waals surface area contributed by atoms with Crippen molar-refractivity contribution in [1.82, 2.24) is 4.57 Å². The molecule has 0 aliphatic carbocycles. The van der Waals surface area contributed by atoms with Gasteiger partial charge in [0.05, 0.1) is 13.7 Å². The molecule has 0 aliphatic heterocycles. The number of hydrogen-bond acceptors (Lipinski definition) is 3. The van der Waals surface area contributed by atoms with Gasteiger partial charge in [0.2, 0.25) is 0 Å². The molecule has 0 saturated heterocycles. The lowest BCUT2D eigenvalue weighted by molar-refractivity contribution is 0.0694. The number of nitrogens with zero attached hydrogens (tertiary/aromatic N) is 1. The van der Waals surface area contributed by atoms with Gasteiger partial charge in [0, 0.05) is 16.8 Å². The van der Waals surface area contributed by atoms with Crippen LogP contribution in [0.5, 0.6) is 5.75 Å². The third kappa shape index (κ3) is 2.83. The van der Waals surface area contributed by atoms with Crippen LogP contribution < -0.4 is 10.3 Å². The summed E-state index contributed by atoms with van der Waals surface area (Å²) in [6.07, 6.45) is 1.52. The number of aromatic carboxylic acids is 1. The van der Waals surface area contributed by atoms with E-state index in [1.54, 1.807) is 18.2 Å². The molecule has 2 aromatic rings. The standard InChI is InChI=1S/C14H12ClNO4/c1-20-12-5-4-10(15)7-9(12)8-16-6-2-3-11(13(16)17)14(18)19/h2-7H,8H2,1H3,(H,18,19). The summed E-state index contributed by atoms with van der Waals surface area (Å²) in [6, 6.07) is 7.85. The minimum absolute atomic E-state index is 0.184. The van der Waals surface area contributed by atoms with Crippen LogP contribution in [0.25, 0.3) is 0 Å². The molecule has 1 N–H and O–H groups in total. The lowest BCUT2D eigenvalue weighted by atomic mass is 10.2. The Labute approximate surface area is 120 Å². The molecule has 0 unspecified atom stereocenters. The van der Waals surface area contributed by atoms with E-state index in [1.807, 2.05) is 0 Å². The summed E-state index contributed by atoms with van der Waals surface area (Å²) in [5, 5.41) is 9.46. The van der Waals surface area contributed by atoms with Gasteiger partial charge in [-0.05, 0) is 30.3 Å². The molecule has 20 heavy (non-hydrogen) atoms. The summed E-state index contributed by atoms with van der Waals surface area (Å²) >= 11 is 5.92. The van der Waals surface area contributed by atoms with Gasteiger partial charge in [0.1, 0.15) is 11.3 Å². The maximum Gasteiger partial charge on any atom is 0.341 e. The molecule has 0 fully saturated rings. The molecule has 6 heteroatoms. The van der Waals surface area contributed by atoms with Gasteiger partial charge in [0.25, 0.3) is 5.56 Å². The second-order valence-electron chi connectivity index (χ2n) is 4.12. The molecule has 0 aliphatic rings. The number of carboxylic acid groups (broad SMARTS) is 1. The zero-order valence-corrected chi connectivity index (χ0v) is 11.4. The zero-order valence-electron chi connectivity index (χ0n) is 10.7. The maximum atomic E-state index is 12.0. The molecule has 0 saturated carbocycles. The zero-order chi connectivity index (χ0) is 14.7. The van der Waals surface area contributed by atoms with Crippen molar-refractivity contribution in [2.75, 3.05) is 7.11 Å². The van der Waals surface area contributed by atoms with Crippen LogP contribution in [0, 0.1) is 0 Å². The number of benzene rings is 1. The highest BCUT2D eigenvalue weighted by atomic mass is 35.5. The van der Waals surface area contributed by atoms with Crippen molar-refractivity contribution in [2.45, 2.75) is 6.54 Å². The van der Waals surface area contributed by atoms with Crippen molar-refractivity contribution >= 4 is 17.6 Å². The number of aromatic nitrogens is 1. The van der Waals surface area contributed by atoms with E-state index in [-0.39, 0.29) is 12.1 Å². The van der Waals surface area contributed by atoms with Gasteiger partial charge in [-0.2, -0.15) is 0 Å². The SMILES string of the molecule is COc1ccc(Cl)cc1Cn1cccc(C(=O)O)c1=O. The van der Waals surface area contributed by atoms with Crippen LogP contribution in [-0.4, -0.2) is 22.8 Å². The van der Waals surface area contributed by atoms with Gasteiger partial charge >= 0.3 is 5.97 Å². The van der Waals surface area contributed by atoms with Crippen molar-refractivity contribution < 1.29 is 14.6 Å². The Morgan fingerprint density at radius 3 is 2.80 bits per heavy atom. The van der Waals surface area contributed by atoms with Crippen molar-refractivity contribution in [3.05, 3.63) is 63.0 Å². The molecule has 2 rings (SSSR count). The van der Waals surface area contributed by atoms with E-state index >= 15 is 0 Å². The number of pyridine rings is 1. The topological polar surface area (TPSA) is 68.5 Å². The Morgan fingerprint density at radius 2 is 2.15 bits per heavy atom. The van der Waals surface area contributed by atoms with Gasteiger partial charge in [-0.25, -0.2) is 4.79 Å². The van der Waals surface area contributed by atoms with Crippen molar-refractivity contribution in [3.8, 4) is 5.75 Å². The van der Waals surface area contributed by atoms with Crippen LogP contribution in [0.3, 0.4) is 0 Å². The highest BCUT2D eigenvalue weighted by molar-refractivity contribution is 6.30. The quantitative estimate of drug-likeness (QED) is 0.939. The lowest BCUT2D eigenvalue weighted by Crippen LogP contribution is -2.26. The first-order chi connectivity index (χ1) is 9.52. The molecule has 1 aromatic heterocycles. The van der Waals surface area contributed by atoms with Gasteiger partial charge in [-0.1, -0.05) is 11.6 Å². The number of methoxy groups -OCH3 is 1. The molecule has 1 heterocycles. The normalized spacial score (nSPS) is 10.3. The number of rotatable bonds is 4. The van der Waals surface area contributed by atoms with Crippen LogP contribution in [0.1, 0.15) is 15.9 Å². The van der Waals surface area contributed by atoms with Gasteiger partial charge in [0.15, 0.2) is 0 Å². The fourth-order valence-electron chi connectivity index (χ4n) is 1.88. The Balaban J connectivity index is 2.45. The van der Waals surface area contributed by atoms with Crippen LogP contribution in [-0.2, 0) is 6.54 Å². The molecular formula is C14H12ClNO4. The van der Waals surface area contributed by atoms with Crippen molar-refractivity contribution in [1.29, 1.82) is 0 Å². The number of halogens is 1. The Morgan fingerprint density at radius 1 is 1.40 bits per heavy atom.